The third-order valence-corrected chi connectivity index (χ3v) is 3.79. The van der Waals surface area contributed by atoms with Gasteiger partial charge in [-0.1, -0.05) is 30.3 Å². The van der Waals surface area contributed by atoms with Gasteiger partial charge >= 0.3 is 0 Å². The number of ketones is 1. The summed E-state index contributed by atoms with van der Waals surface area (Å²) in [6.45, 7) is 2.54. The van der Waals surface area contributed by atoms with Crippen LogP contribution in [-0.2, 0) is 0 Å². The molecular weight excluding hydrogens is 302 g/mol. The van der Waals surface area contributed by atoms with Gasteiger partial charge in [-0.05, 0) is 48.9 Å². The van der Waals surface area contributed by atoms with Gasteiger partial charge in [-0.15, -0.1) is 0 Å². The molecule has 0 radical (unpaired) electrons. The molecule has 1 unspecified atom stereocenters. The van der Waals surface area contributed by atoms with Crippen molar-refractivity contribution in [3.63, 3.8) is 0 Å². The molecule has 0 spiro atoms. The Morgan fingerprint density at radius 1 is 1.04 bits per heavy atom. The standard InChI is InChI=1S/C20H19NO3/c1-2-24-17-12-10-16(11-13-17)21-14-6-9-18(21)20(23)19(22)15-7-4-3-5-8-15/h3-14,19,22H,2H2,1H3. The Hall–Kier alpha value is -2.85. The van der Waals surface area contributed by atoms with Crippen LogP contribution in [0.1, 0.15) is 29.1 Å². The molecule has 2 aromatic carbocycles. The van der Waals surface area contributed by atoms with Crippen molar-refractivity contribution in [2.75, 3.05) is 6.61 Å². The number of aliphatic hydroxyl groups excluding tert-OH is 1. The van der Waals surface area contributed by atoms with E-state index in [0.29, 0.717) is 17.9 Å². The van der Waals surface area contributed by atoms with Crippen LogP contribution in [0.3, 0.4) is 0 Å². The zero-order chi connectivity index (χ0) is 16.9. The van der Waals surface area contributed by atoms with E-state index < -0.39 is 6.10 Å². The number of hydrogen-bond donors (Lipinski definition) is 1. The Kier molecular flexibility index (Phi) is 4.77. The Balaban J connectivity index is 1.88. The van der Waals surface area contributed by atoms with Crippen LogP contribution in [0, 0.1) is 0 Å². The normalized spacial score (nSPS) is 11.9. The molecule has 1 heterocycles. The number of benzene rings is 2. The molecule has 0 saturated heterocycles. The molecule has 0 aliphatic carbocycles. The van der Waals surface area contributed by atoms with Crippen LogP contribution in [0.4, 0.5) is 0 Å². The van der Waals surface area contributed by atoms with Gasteiger partial charge in [-0.25, -0.2) is 0 Å². The number of carbonyl (C=O) groups excluding carboxylic acids is 1. The van der Waals surface area contributed by atoms with Gasteiger partial charge in [0, 0.05) is 11.9 Å². The topological polar surface area (TPSA) is 51.5 Å². The third-order valence-electron chi connectivity index (χ3n) is 3.79. The largest absolute Gasteiger partial charge is 0.494 e. The molecule has 24 heavy (non-hydrogen) atoms. The average Bonchev–Trinajstić information content (AvgIpc) is 3.12. The van der Waals surface area contributed by atoms with Crippen LogP contribution in [0.5, 0.6) is 5.75 Å². The minimum Gasteiger partial charge on any atom is -0.494 e. The number of rotatable bonds is 6. The molecule has 0 aliphatic heterocycles. The first-order valence-corrected chi connectivity index (χ1v) is 7.88. The highest BCUT2D eigenvalue weighted by Crippen LogP contribution is 2.22. The Morgan fingerprint density at radius 2 is 1.75 bits per heavy atom. The summed E-state index contributed by atoms with van der Waals surface area (Å²) in [6.07, 6.45) is 0.628. The first-order chi connectivity index (χ1) is 11.7. The van der Waals surface area contributed by atoms with Crippen molar-refractivity contribution in [3.8, 4) is 11.4 Å². The first-order valence-electron chi connectivity index (χ1n) is 7.88. The second kappa shape index (κ2) is 7.15. The molecule has 1 aromatic heterocycles. The monoisotopic (exact) mass is 321 g/mol. The molecule has 0 fully saturated rings. The quantitative estimate of drug-likeness (QED) is 0.703. The van der Waals surface area contributed by atoms with Gasteiger partial charge in [-0.2, -0.15) is 0 Å². The average molecular weight is 321 g/mol. The summed E-state index contributed by atoms with van der Waals surface area (Å²) in [6, 6.07) is 19.9. The van der Waals surface area contributed by atoms with Gasteiger partial charge in [0.2, 0.25) is 5.78 Å². The van der Waals surface area contributed by atoms with E-state index in [-0.39, 0.29) is 5.78 Å². The third kappa shape index (κ3) is 3.24. The molecule has 3 rings (SSSR count). The van der Waals surface area contributed by atoms with Gasteiger partial charge in [-0.3, -0.25) is 4.79 Å². The lowest BCUT2D eigenvalue weighted by Crippen LogP contribution is -2.16. The van der Waals surface area contributed by atoms with Gasteiger partial charge in [0.05, 0.1) is 12.3 Å². The second-order valence-corrected chi connectivity index (χ2v) is 5.37. The first kappa shape index (κ1) is 16.0. The fourth-order valence-electron chi connectivity index (χ4n) is 2.60. The van der Waals surface area contributed by atoms with Crippen molar-refractivity contribution < 1.29 is 14.6 Å². The Bertz CT molecular complexity index is 806. The van der Waals surface area contributed by atoms with Crippen molar-refractivity contribution in [3.05, 3.63) is 84.2 Å². The molecule has 0 bridgehead atoms. The molecule has 4 nitrogen and oxygen atoms in total. The smallest absolute Gasteiger partial charge is 0.212 e. The van der Waals surface area contributed by atoms with E-state index in [1.165, 1.54) is 0 Å². The maximum Gasteiger partial charge on any atom is 0.212 e. The molecular formula is C20H19NO3. The minimum absolute atomic E-state index is 0.333. The number of carbonyl (C=O) groups is 1. The Morgan fingerprint density at radius 3 is 2.42 bits per heavy atom. The van der Waals surface area contributed by atoms with E-state index in [1.807, 2.05) is 37.3 Å². The van der Waals surface area contributed by atoms with Crippen LogP contribution in [0.25, 0.3) is 5.69 Å². The summed E-state index contributed by atoms with van der Waals surface area (Å²) in [5.41, 5.74) is 1.87. The highest BCUT2D eigenvalue weighted by atomic mass is 16.5. The molecule has 0 amide bonds. The zero-order valence-corrected chi connectivity index (χ0v) is 13.4. The van der Waals surface area contributed by atoms with Gasteiger partial charge in [0.15, 0.2) is 0 Å². The summed E-state index contributed by atoms with van der Waals surface area (Å²) in [7, 11) is 0. The summed E-state index contributed by atoms with van der Waals surface area (Å²) >= 11 is 0. The summed E-state index contributed by atoms with van der Waals surface area (Å²) in [4.78, 5) is 12.7. The van der Waals surface area contributed by atoms with Gasteiger partial charge < -0.3 is 14.4 Å². The fourth-order valence-corrected chi connectivity index (χ4v) is 2.60. The highest BCUT2D eigenvalue weighted by Gasteiger charge is 2.22. The van der Waals surface area contributed by atoms with E-state index in [2.05, 4.69) is 0 Å². The number of aromatic nitrogens is 1. The number of aliphatic hydroxyl groups is 1. The van der Waals surface area contributed by atoms with E-state index >= 15 is 0 Å². The molecule has 1 atom stereocenters. The second-order valence-electron chi connectivity index (χ2n) is 5.37. The van der Waals surface area contributed by atoms with Crippen molar-refractivity contribution in [1.82, 2.24) is 4.57 Å². The number of Topliss-reactive ketones (excluding diaryl/α,β-unsaturated/α-hetero) is 1. The summed E-state index contributed by atoms with van der Waals surface area (Å²) in [5.74, 6) is 0.450. The van der Waals surface area contributed by atoms with Gasteiger partial charge in [0.25, 0.3) is 0 Å². The lowest BCUT2D eigenvalue weighted by molar-refractivity contribution is 0.0740. The van der Waals surface area contributed by atoms with Crippen LogP contribution >= 0.6 is 0 Å². The minimum atomic E-state index is -1.18. The van der Waals surface area contributed by atoms with Crippen LogP contribution in [0.2, 0.25) is 0 Å². The van der Waals surface area contributed by atoms with Gasteiger partial charge in [0.1, 0.15) is 11.9 Å². The van der Waals surface area contributed by atoms with E-state index in [4.69, 9.17) is 4.74 Å². The SMILES string of the molecule is CCOc1ccc(-n2cccc2C(=O)C(O)c2ccccc2)cc1. The fraction of sp³-hybridized carbons (Fsp3) is 0.150. The van der Waals surface area contributed by atoms with Crippen LogP contribution in [-0.4, -0.2) is 22.1 Å². The maximum atomic E-state index is 12.7. The molecule has 3 aromatic rings. The molecule has 0 aliphatic rings. The van der Waals surface area contributed by atoms with Crippen molar-refractivity contribution in [2.24, 2.45) is 0 Å². The number of ether oxygens (including phenoxy) is 1. The summed E-state index contributed by atoms with van der Waals surface area (Å²) < 4.78 is 7.20. The van der Waals surface area contributed by atoms with E-state index in [1.54, 1.807) is 47.2 Å². The zero-order valence-electron chi connectivity index (χ0n) is 13.4. The molecule has 4 heteroatoms. The lowest BCUT2D eigenvalue weighted by Gasteiger charge is -2.13. The van der Waals surface area contributed by atoms with Crippen LogP contribution < -0.4 is 4.74 Å². The summed E-state index contributed by atoms with van der Waals surface area (Å²) in [5, 5.41) is 10.4. The predicted molar refractivity (Wildman–Crippen MR) is 92.7 cm³/mol. The van der Waals surface area contributed by atoms with E-state index in [9.17, 15) is 9.90 Å². The molecule has 0 saturated carbocycles. The molecule has 122 valence electrons. The van der Waals surface area contributed by atoms with Crippen molar-refractivity contribution >= 4 is 5.78 Å². The van der Waals surface area contributed by atoms with Crippen molar-refractivity contribution in [1.29, 1.82) is 0 Å². The highest BCUT2D eigenvalue weighted by molar-refractivity contribution is 5.99. The lowest BCUT2D eigenvalue weighted by atomic mass is 10.0. The molecule has 1 N–H and O–H groups in total. The number of hydrogen-bond acceptors (Lipinski definition) is 3. The number of nitrogens with zero attached hydrogens (tertiary/aromatic N) is 1. The maximum absolute atomic E-state index is 12.7. The van der Waals surface area contributed by atoms with Crippen LogP contribution in [0.15, 0.2) is 72.9 Å². The predicted octanol–water partition coefficient (Wildman–Crippen LogP) is 3.79. The van der Waals surface area contributed by atoms with Crippen molar-refractivity contribution in [2.45, 2.75) is 13.0 Å². The van der Waals surface area contributed by atoms with E-state index in [0.717, 1.165) is 11.4 Å². The Labute approximate surface area is 140 Å².